The van der Waals surface area contributed by atoms with Crippen LogP contribution in [0, 0.1) is 0 Å². The van der Waals surface area contributed by atoms with Gasteiger partial charge in [0, 0.05) is 18.7 Å². The minimum atomic E-state index is -3.68. The van der Waals surface area contributed by atoms with Crippen LogP contribution in [0.2, 0.25) is 0 Å². The molecule has 3 rings (SSSR count). The van der Waals surface area contributed by atoms with Crippen LogP contribution in [0.1, 0.15) is 34.6 Å². The number of benzene rings is 1. The molecule has 10 heteroatoms. The number of morpholine rings is 1. The first-order chi connectivity index (χ1) is 13.2. The third kappa shape index (κ3) is 4.25. The van der Waals surface area contributed by atoms with Gasteiger partial charge in [-0.05, 0) is 49.6 Å². The number of hydrogen-bond acceptors (Lipinski definition) is 6. The van der Waals surface area contributed by atoms with Crippen molar-refractivity contribution in [2.45, 2.75) is 31.0 Å². The number of nitrogens with zero attached hydrogens (tertiary/aromatic N) is 1. The zero-order valence-electron chi connectivity index (χ0n) is 15.4. The topological polar surface area (TPSA) is 119 Å². The van der Waals surface area contributed by atoms with Gasteiger partial charge in [-0.15, -0.1) is 11.3 Å². The Kier molecular flexibility index (Phi) is 5.84. The molecule has 0 aliphatic carbocycles. The number of sulfonamides is 1. The molecule has 0 unspecified atom stereocenters. The average molecular weight is 424 g/mol. The summed E-state index contributed by atoms with van der Waals surface area (Å²) in [6, 6.07) is 7.21. The number of hydrogen-bond donors (Lipinski definition) is 2. The molecule has 3 N–H and O–H groups in total. The minimum absolute atomic E-state index is 0.110. The molecule has 28 heavy (non-hydrogen) atoms. The van der Waals surface area contributed by atoms with Gasteiger partial charge in [-0.1, -0.05) is 0 Å². The van der Waals surface area contributed by atoms with Gasteiger partial charge in [0.25, 0.3) is 11.8 Å². The molecule has 2 aromatic rings. The first kappa shape index (κ1) is 20.5. The standard InChI is InChI=1S/C18H21N3O5S2/c1-11-9-21(10-12(2)26-11)28(24,25)14-5-3-13(4-6-14)17(23)20-18-15(16(19)22)7-8-27-18/h3-8,11-12H,9-10H2,1-2H3,(H2,19,22)(H,20,23)/t11-,12+. The number of carbonyl (C=O) groups is 2. The molecule has 0 radical (unpaired) electrons. The van der Waals surface area contributed by atoms with Crippen molar-refractivity contribution in [2.75, 3.05) is 18.4 Å². The van der Waals surface area contributed by atoms with E-state index < -0.39 is 21.8 Å². The maximum atomic E-state index is 12.9. The van der Waals surface area contributed by atoms with Crippen LogP contribution < -0.4 is 11.1 Å². The Morgan fingerprint density at radius 2 is 1.75 bits per heavy atom. The van der Waals surface area contributed by atoms with Crippen molar-refractivity contribution in [3.05, 3.63) is 46.8 Å². The molecular formula is C18H21N3O5S2. The van der Waals surface area contributed by atoms with Crippen molar-refractivity contribution >= 4 is 38.2 Å². The smallest absolute Gasteiger partial charge is 0.256 e. The van der Waals surface area contributed by atoms with Crippen LogP contribution in [0.3, 0.4) is 0 Å². The highest BCUT2D eigenvalue weighted by atomic mass is 32.2. The molecule has 2 heterocycles. The molecule has 0 spiro atoms. The van der Waals surface area contributed by atoms with E-state index in [2.05, 4.69) is 5.32 Å². The van der Waals surface area contributed by atoms with Crippen molar-refractivity contribution in [3.8, 4) is 0 Å². The normalized spacial score (nSPS) is 20.6. The van der Waals surface area contributed by atoms with Gasteiger partial charge in [0.2, 0.25) is 10.0 Å². The molecule has 150 valence electrons. The Balaban J connectivity index is 1.76. The van der Waals surface area contributed by atoms with Crippen LogP contribution in [-0.4, -0.2) is 49.8 Å². The van der Waals surface area contributed by atoms with Crippen molar-refractivity contribution in [2.24, 2.45) is 5.73 Å². The van der Waals surface area contributed by atoms with Gasteiger partial charge in [0.05, 0.1) is 22.7 Å². The summed E-state index contributed by atoms with van der Waals surface area (Å²) in [7, 11) is -3.68. The summed E-state index contributed by atoms with van der Waals surface area (Å²) in [6.07, 6.45) is -0.373. The summed E-state index contributed by atoms with van der Waals surface area (Å²) in [5, 5.41) is 4.62. The van der Waals surface area contributed by atoms with Crippen LogP contribution in [0.4, 0.5) is 5.00 Å². The van der Waals surface area contributed by atoms with Crippen molar-refractivity contribution in [1.29, 1.82) is 0 Å². The van der Waals surface area contributed by atoms with Gasteiger partial charge in [0.1, 0.15) is 5.00 Å². The van der Waals surface area contributed by atoms with Crippen LogP contribution in [0.5, 0.6) is 0 Å². The first-order valence-corrected chi connectivity index (χ1v) is 10.9. The lowest BCUT2D eigenvalue weighted by atomic mass is 10.2. The molecular weight excluding hydrogens is 402 g/mol. The lowest BCUT2D eigenvalue weighted by Gasteiger charge is -2.34. The van der Waals surface area contributed by atoms with E-state index in [9.17, 15) is 18.0 Å². The van der Waals surface area contributed by atoms with Crippen LogP contribution in [-0.2, 0) is 14.8 Å². The Morgan fingerprint density at radius 1 is 1.14 bits per heavy atom. The zero-order valence-corrected chi connectivity index (χ0v) is 17.0. The summed E-state index contributed by atoms with van der Waals surface area (Å²) >= 11 is 1.18. The number of carbonyl (C=O) groups excluding carboxylic acids is 2. The zero-order chi connectivity index (χ0) is 20.5. The highest BCUT2D eigenvalue weighted by Crippen LogP contribution is 2.24. The maximum absolute atomic E-state index is 12.9. The Hall–Kier alpha value is -2.27. The van der Waals surface area contributed by atoms with Gasteiger partial charge in [-0.2, -0.15) is 4.31 Å². The fraction of sp³-hybridized carbons (Fsp3) is 0.333. The van der Waals surface area contributed by atoms with E-state index >= 15 is 0 Å². The highest BCUT2D eigenvalue weighted by Gasteiger charge is 2.32. The molecule has 1 saturated heterocycles. The third-order valence-corrected chi connectivity index (χ3v) is 6.97. The second kappa shape index (κ2) is 8.00. The number of nitrogens with one attached hydrogen (secondary N) is 1. The van der Waals surface area contributed by atoms with Gasteiger partial charge < -0.3 is 15.8 Å². The van der Waals surface area contributed by atoms with Crippen molar-refractivity contribution in [3.63, 3.8) is 0 Å². The fourth-order valence-electron chi connectivity index (χ4n) is 3.03. The van der Waals surface area contributed by atoms with Crippen molar-refractivity contribution in [1.82, 2.24) is 4.31 Å². The summed E-state index contributed by atoms with van der Waals surface area (Å²) in [6.45, 7) is 4.22. The molecule has 1 aromatic carbocycles. The highest BCUT2D eigenvalue weighted by molar-refractivity contribution is 7.89. The van der Waals surface area contributed by atoms with E-state index in [4.69, 9.17) is 10.5 Å². The van der Waals surface area contributed by atoms with Crippen LogP contribution in [0.15, 0.2) is 40.6 Å². The van der Waals surface area contributed by atoms with E-state index in [-0.39, 0.29) is 41.3 Å². The summed E-state index contributed by atoms with van der Waals surface area (Å²) in [5.74, 6) is -1.09. The molecule has 0 bridgehead atoms. The molecule has 8 nitrogen and oxygen atoms in total. The second-order valence-corrected chi connectivity index (χ2v) is 9.44. The molecule has 1 aliphatic heterocycles. The largest absolute Gasteiger partial charge is 0.373 e. The number of anilines is 1. The Morgan fingerprint density at radius 3 is 2.32 bits per heavy atom. The van der Waals surface area contributed by atoms with Crippen molar-refractivity contribution < 1.29 is 22.7 Å². The van der Waals surface area contributed by atoms with Gasteiger partial charge in [-0.25, -0.2) is 8.42 Å². The fourth-order valence-corrected chi connectivity index (χ4v) is 5.41. The summed E-state index contributed by atoms with van der Waals surface area (Å²) < 4.78 is 32.7. The van der Waals surface area contributed by atoms with E-state index in [1.165, 1.54) is 46.0 Å². The Labute approximate surface area is 167 Å². The number of ether oxygens (including phenoxy) is 1. The first-order valence-electron chi connectivity index (χ1n) is 8.63. The average Bonchev–Trinajstić information content (AvgIpc) is 3.09. The van der Waals surface area contributed by atoms with Gasteiger partial charge in [-0.3, -0.25) is 9.59 Å². The lowest BCUT2D eigenvalue weighted by molar-refractivity contribution is -0.0440. The Bertz CT molecular complexity index is 975. The molecule has 1 fully saturated rings. The molecule has 2 atom stereocenters. The number of rotatable bonds is 5. The van der Waals surface area contributed by atoms with E-state index in [0.29, 0.717) is 5.00 Å². The minimum Gasteiger partial charge on any atom is -0.373 e. The van der Waals surface area contributed by atoms with Gasteiger partial charge >= 0.3 is 0 Å². The van der Waals surface area contributed by atoms with E-state index in [1.807, 2.05) is 13.8 Å². The second-order valence-electron chi connectivity index (χ2n) is 6.59. The van der Waals surface area contributed by atoms with Crippen LogP contribution in [0.25, 0.3) is 0 Å². The monoisotopic (exact) mass is 423 g/mol. The third-order valence-electron chi connectivity index (χ3n) is 4.30. The van der Waals surface area contributed by atoms with Gasteiger partial charge in [0.15, 0.2) is 0 Å². The molecule has 2 amide bonds. The lowest BCUT2D eigenvalue weighted by Crippen LogP contribution is -2.48. The van der Waals surface area contributed by atoms with Crippen LogP contribution >= 0.6 is 11.3 Å². The SMILES string of the molecule is C[C@@H]1CN(S(=O)(=O)c2ccc(C(=O)Nc3sccc3C(N)=O)cc2)C[C@H](C)O1. The van der Waals surface area contributed by atoms with E-state index in [0.717, 1.165) is 0 Å². The summed E-state index contributed by atoms with van der Waals surface area (Å²) in [5.41, 5.74) is 5.77. The molecule has 1 aromatic heterocycles. The molecule has 0 saturated carbocycles. The number of thiophene rings is 1. The van der Waals surface area contributed by atoms with E-state index in [1.54, 1.807) is 5.38 Å². The quantitative estimate of drug-likeness (QED) is 0.761. The molecule has 1 aliphatic rings. The predicted octanol–water partition coefficient (Wildman–Crippen LogP) is 1.90. The number of nitrogens with two attached hydrogens (primary N) is 1. The summed E-state index contributed by atoms with van der Waals surface area (Å²) in [4.78, 5) is 23.9. The number of amides is 2. The number of primary amides is 1. The maximum Gasteiger partial charge on any atom is 0.256 e. The predicted molar refractivity (Wildman–Crippen MR) is 106 cm³/mol.